The minimum atomic E-state index is -0.255. The Bertz CT molecular complexity index is 675. The van der Waals surface area contributed by atoms with Crippen LogP contribution in [0.4, 0.5) is 0 Å². The van der Waals surface area contributed by atoms with Crippen molar-refractivity contribution in [3.63, 3.8) is 0 Å². The van der Waals surface area contributed by atoms with Crippen molar-refractivity contribution in [1.29, 1.82) is 0 Å². The number of nitrogens with one attached hydrogen (secondary N) is 1. The zero-order valence-corrected chi connectivity index (χ0v) is 14.8. The van der Waals surface area contributed by atoms with E-state index < -0.39 is 0 Å². The molecule has 7 heteroatoms. The molecule has 4 nitrogen and oxygen atoms in total. The van der Waals surface area contributed by atoms with E-state index in [2.05, 4.69) is 10.3 Å². The molecule has 1 amide bonds. The van der Waals surface area contributed by atoms with E-state index in [4.69, 9.17) is 23.2 Å². The van der Waals surface area contributed by atoms with Crippen LogP contribution in [-0.4, -0.2) is 20.7 Å². The zero-order valence-electron chi connectivity index (χ0n) is 12.5. The van der Waals surface area contributed by atoms with Crippen LogP contribution in [0.3, 0.4) is 0 Å². The summed E-state index contributed by atoms with van der Waals surface area (Å²) in [5.41, 5.74) is 0.841. The van der Waals surface area contributed by atoms with Crippen molar-refractivity contribution in [2.75, 3.05) is 0 Å². The molecule has 0 aliphatic heterocycles. The van der Waals surface area contributed by atoms with Gasteiger partial charge in [-0.15, -0.1) is 0 Å². The molecule has 22 heavy (non-hydrogen) atoms. The fourth-order valence-corrected chi connectivity index (χ4v) is 3.35. The second-order valence-electron chi connectivity index (χ2n) is 4.98. The number of nitrogens with zero attached hydrogens (tertiary/aromatic N) is 2. The number of halogens is 2. The molecule has 0 spiro atoms. The van der Waals surface area contributed by atoms with Gasteiger partial charge in [-0.25, -0.2) is 4.98 Å². The zero-order chi connectivity index (χ0) is 16.3. The van der Waals surface area contributed by atoms with E-state index in [-0.39, 0.29) is 17.2 Å². The molecule has 1 aromatic carbocycles. The van der Waals surface area contributed by atoms with Crippen LogP contribution in [0, 0.1) is 0 Å². The smallest absolute Gasteiger partial charge is 0.233 e. The summed E-state index contributed by atoms with van der Waals surface area (Å²) in [6.07, 6.45) is 3.56. The van der Waals surface area contributed by atoms with Crippen molar-refractivity contribution in [3.8, 4) is 0 Å². The van der Waals surface area contributed by atoms with Gasteiger partial charge < -0.3 is 9.88 Å². The molecule has 0 aliphatic rings. The van der Waals surface area contributed by atoms with Crippen LogP contribution in [-0.2, 0) is 11.8 Å². The van der Waals surface area contributed by atoms with Gasteiger partial charge >= 0.3 is 0 Å². The summed E-state index contributed by atoms with van der Waals surface area (Å²) < 4.78 is 1.88. The first-order chi connectivity index (χ1) is 10.4. The Morgan fingerprint density at radius 3 is 2.68 bits per heavy atom. The van der Waals surface area contributed by atoms with E-state index in [1.165, 1.54) is 11.8 Å². The summed E-state index contributed by atoms with van der Waals surface area (Å²) in [5.74, 6) is -0.0634. The van der Waals surface area contributed by atoms with Crippen molar-refractivity contribution in [1.82, 2.24) is 14.9 Å². The SMILES string of the molecule is CC(Sc1nccn1C)C(=O)NC(C)c1ccc(Cl)cc1Cl. The molecule has 2 atom stereocenters. The third-order valence-electron chi connectivity index (χ3n) is 3.22. The van der Waals surface area contributed by atoms with Crippen LogP contribution in [0.5, 0.6) is 0 Å². The van der Waals surface area contributed by atoms with Crippen LogP contribution in [0.2, 0.25) is 10.0 Å². The summed E-state index contributed by atoms with van der Waals surface area (Å²) in [4.78, 5) is 16.5. The summed E-state index contributed by atoms with van der Waals surface area (Å²) in [6, 6.07) is 5.07. The highest BCUT2D eigenvalue weighted by molar-refractivity contribution is 8.00. The normalized spacial score (nSPS) is 13.7. The Balaban J connectivity index is 2.00. The average Bonchev–Trinajstić information content (AvgIpc) is 2.83. The highest BCUT2D eigenvalue weighted by atomic mass is 35.5. The Morgan fingerprint density at radius 2 is 2.09 bits per heavy atom. The van der Waals surface area contributed by atoms with Gasteiger partial charge in [-0.3, -0.25) is 4.79 Å². The maximum atomic E-state index is 12.3. The lowest BCUT2D eigenvalue weighted by Crippen LogP contribution is -2.33. The molecule has 0 fully saturated rings. The molecule has 2 unspecified atom stereocenters. The number of carbonyl (C=O) groups is 1. The first kappa shape index (κ1) is 17.2. The lowest BCUT2D eigenvalue weighted by Gasteiger charge is -2.18. The first-order valence-electron chi connectivity index (χ1n) is 6.77. The van der Waals surface area contributed by atoms with E-state index in [9.17, 15) is 4.79 Å². The highest BCUT2D eigenvalue weighted by Crippen LogP contribution is 2.27. The molecule has 0 saturated heterocycles. The molecule has 0 bridgehead atoms. The average molecular weight is 358 g/mol. The number of hydrogen-bond donors (Lipinski definition) is 1. The fourth-order valence-electron chi connectivity index (χ4n) is 1.94. The first-order valence-corrected chi connectivity index (χ1v) is 8.41. The van der Waals surface area contributed by atoms with Crippen molar-refractivity contribution in [3.05, 3.63) is 46.2 Å². The van der Waals surface area contributed by atoms with Gasteiger partial charge in [0.05, 0.1) is 11.3 Å². The van der Waals surface area contributed by atoms with Crippen LogP contribution in [0.15, 0.2) is 35.7 Å². The van der Waals surface area contributed by atoms with Crippen molar-refractivity contribution in [2.24, 2.45) is 7.05 Å². The van der Waals surface area contributed by atoms with E-state index in [1.807, 2.05) is 37.7 Å². The molecule has 1 aromatic heterocycles. The monoisotopic (exact) mass is 357 g/mol. The number of aryl methyl sites for hydroxylation is 1. The van der Waals surface area contributed by atoms with Crippen molar-refractivity contribution in [2.45, 2.75) is 30.3 Å². The van der Waals surface area contributed by atoms with Gasteiger partial charge in [0.1, 0.15) is 0 Å². The lowest BCUT2D eigenvalue weighted by molar-refractivity contribution is -0.120. The molecule has 2 rings (SSSR count). The predicted octanol–water partition coefficient (Wildman–Crippen LogP) is 4.08. The van der Waals surface area contributed by atoms with E-state index in [0.717, 1.165) is 10.7 Å². The van der Waals surface area contributed by atoms with Crippen LogP contribution in [0.1, 0.15) is 25.5 Å². The van der Waals surface area contributed by atoms with Gasteiger partial charge in [0, 0.05) is 29.5 Å². The van der Waals surface area contributed by atoms with E-state index in [0.29, 0.717) is 10.0 Å². The van der Waals surface area contributed by atoms with Gasteiger partial charge in [0.2, 0.25) is 5.91 Å². The number of imidazole rings is 1. The molecule has 0 radical (unpaired) electrons. The Kier molecular flexibility index (Phi) is 5.78. The Hall–Kier alpha value is -1.17. The maximum Gasteiger partial charge on any atom is 0.233 e. The Labute approximate surface area is 144 Å². The van der Waals surface area contributed by atoms with Crippen molar-refractivity contribution < 1.29 is 4.79 Å². The number of hydrogen-bond acceptors (Lipinski definition) is 3. The van der Waals surface area contributed by atoms with Gasteiger partial charge in [-0.1, -0.05) is 41.0 Å². The quantitative estimate of drug-likeness (QED) is 0.819. The topological polar surface area (TPSA) is 46.9 Å². The summed E-state index contributed by atoms with van der Waals surface area (Å²) in [5, 5.41) is 4.64. The second kappa shape index (κ2) is 7.40. The Morgan fingerprint density at radius 1 is 1.36 bits per heavy atom. The second-order valence-corrected chi connectivity index (χ2v) is 7.13. The largest absolute Gasteiger partial charge is 0.349 e. The van der Waals surface area contributed by atoms with Gasteiger partial charge in [-0.2, -0.15) is 0 Å². The van der Waals surface area contributed by atoms with Gasteiger partial charge in [0.25, 0.3) is 0 Å². The third kappa shape index (κ3) is 4.18. The highest BCUT2D eigenvalue weighted by Gasteiger charge is 2.20. The molecule has 1 heterocycles. The fraction of sp³-hybridized carbons (Fsp3) is 0.333. The van der Waals surface area contributed by atoms with Crippen LogP contribution in [0.25, 0.3) is 0 Å². The standard InChI is InChI=1S/C15H17Cl2N3OS/c1-9(12-5-4-11(16)8-13(12)17)19-14(21)10(2)22-15-18-6-7-20(15)3/h4-10H,1-3H3,(H,19,21). The minimum absolute atomic E-state index is 0.0634. The van der Waals surface area contributed by atoms with Crippen LogP contribution >= 0.6 is 35.0 Å². The molecule has 0 saturated carbocycles. The third-order valence-corrected chi connectivity index (χ3v) is 4.95. The van der Waals surface area contributed by atoms with Crippen molar-refractivity contribution >= 4 is 40.9 Å². The number of aromatic nitrogens is 2. The predicted molar refractivity (Wildman–Crippen MR) is 91.5 cm³/mol. The van der Waals surface area contributed by atoms with Crippen LogP contribution < -0.4 is 5.32 Å². The number of carbonyl (C=O) groups excluding carboxylic acids is 1. The van der Waals surface area contributed by atoms with Gasteiger partial charge in [-0.05, 0) is 31.5 Å². The lowest BCUT2D eigenvalue weighted by atomic mass is 10.1. The van der Waals surface area contributed by atoms with E-state index in [1.54, 1.807) is 18.3 Å². The number of rotatable bonds is 5. The molecule has 1 N–H and O–H groups in total. The molecule has 118 valence electrons. The minimum Gasteiger partial charge on any atom is -0.349 e. The molecular weight excluding hydrogens is 341 g/mol. The number of benzene rings is 1. The molecule has 0 aliphatic carbocycles. The number of thioether (sulfide) groups is 1. The summed E-state index contributed by atoms with van der Waals surface area (Å²) >= 11 is 13.5. The maximum absolute atomic E-state index is 12.3. The molecular formula is C15H17Cl2N3OS. The number of amides is 1. The molecule has 2 aromatic rings. The summed E-state index contributed by atoms with van der Waals surface area (Å²) in [7, 11) is 1.90. The van der Waals surface area contributed by atoms with E-state index >= 15 is 0 Å². The van der Waals surface area contributed by atoms with Gasteiger partial charge in [0.15, 0.2) is 5.16 Å². The summed E-state index contributed by atoms with van der Waals surface area (Å²) in [6.45, 7) is 3.75.